The first-order valence-electron chi connectivity index (χ1n) is 7.18. The van der Waals surface area contributed by atoms with Crippen LogP contribution in [0.3, 0.4) is 0 Å². The Labute approximate surface area is 125 Å². The zero-order valence-corrected chi connectivity index (χ0v) is 12.8. The highest BCUT2D eigenvalue weighted by atomic mass is 16.5. The van der Waals surface area contributed by atoms with Crippen LogP contribution in [0.4, 0.5) is 0 Å². The zero-order valence-electron chi connectivity index (χ0n) is 12.8. The van der Waals surface area contributed by atoms with Gasteiger partial charge in [0.2, 0.25) is 0 Å². The lowest BCUT2D eigenvalue weighted by molar-refractivity contribution is 0.411. The molecule has 1 heterocycles. The lowest BCUT2D eigenvalue weighted by Gasteiger charge is -2.15. The van der Waals surface area contributed by atoms with Gasteiger partial charge >= 0.3 is 0 Å². The maximum absolute atomic E-state index is 12.4. The molecule has 0 fully saturated rings. The molecule has 0 aliphatic rings. The summed E-state index contributed by atoms with van der Waals surface area (Å²) in [5.74, 6) is 0.822. The third kappa shape index (κ3) is 3.16. The van der Waals surface area contributed by atoms with Gasteiger partial charge in [-0.1, -0.05) is 25.1 Å². The van der Waals surface area contributed by atoms with Crippen molar-refractivity contribution in [2.45, 2.75) is 32.9 Å². The highest BCUT2D eigenvalue weighted by molar-refractivity contribution is 5.40. The van der Waals surface area contributed by atoms with Gasteiger partial charge in [-0.05, 0) is 36.6 Å². The van der Waals surface area contributed by atoms with Crippen LogP contribution in [0.2, 0.25) is 0 Å². The van der Waals surface area contributed by atoms with Crippen LogP contribution in [0.25, 0.3) is 0 Å². The summed E-state index contributed by atoms with van der Waals surface area (Å²) in [6.45, 7) is 4.72. The number of hydrogen-bond acceptors (Lipinski definition) is 3. The molecule has 1 unspecified atom stereocenters. The van der Waals surface area contributed by atoms with Crippen molar-refractivity contribution in [2.75, 3.05) is 7.11 Å². The van der Waals surface area contributed by atoms with Crippen LogP contribution >= 0.6 is 0 Å². The molecule has 1 aromatic carbocycles. The summed E-state index contributed by atoms with van der Waals surface area (Å²) in [5, 5.41) is 0. The molecule has 0 aliphatic heterocycles. The van der Waals surface area contributed by atoms with Crippen molar-refractivity contribution in [3.8, 4) is 5.75 Å². The average Bonchev–Trinajstić information content (AvgIpc) is 2.49. The van der Waals surface area contributed by atoms with Crippen LogP contribution in [-0.2, 0) is 6.54 Å². The van der Waals surface area contributed by atoms with E-state index in [1.807, 2.05) is 38.1 Å². The first kappa shape index (κ1) is 15.3. The summed E-state index contributed by atoms with van der Waals surface area (Å²) in [6.07, 6.45) is 2.72. The fourth-order valence-electron chi connectivity index (χ4n) is 2.48. The Morgan fingerprint density at radius 2 is 2.10 bits per heavy atom. The maximum Gasteiger partial charge on any atom is 0.255 e. The normalized spacial score (nSPS) is 12.2. The van der Waals surface area contributed by atoms with Crippen LogP contribution in [0.15, 0.2) is 41.3 Å². The Hall–Kier alpha value is -2.07. The van der Waals surface area contributed by atoms with E-state index in [1.54, 1.807) is 23.9 Å². The average molecular weight is 286 g/mol. The molecular formula is C17H22N2O2. The van der Waals surface area contributed by atoms with Crippen molar-refractivity contribution in [2.24, 2.45) is 5.73 Å². The minimum atomic E-state index is -0.425. The number of ether oxygens (including phenoxy) is 1. The number of nitrogens with two attached hydrogens (primary N) is 1. The first-order chi connectivity index (χ1) is 10.1. The van der Waals surface area contributed by atoms with Crippen LogP contribution in [0.5, 0.6) is 5.75 Å². The lowest BCUT2D eigenvalue weighted by atomic mass is 9.99. The van der Waals surface area contributed by atoms with Gasteiger partial charge in [0.15, 0.2) is 0 Å². The molecule has 0 bridgehead atoms. The van der Waals surface area contributed by atoms with Gasteiger partial charge in [-0.25, -0.2) is 0 Å². The van der Waals surface area contributed by atoms with Crippen molar-refractivity contribution in [3.63, 3.8) is 0 Å². The van der Waals surface area contributed by atoms with Crippen LogP contribution in [0, 0.1) is 6.92 Å². The molecule has 0 amide bonds. The van der Waals surface area contributed by atoms with Gasteiger partial charge in [0.05, 0.1) is 13.2 Å². The van der Waals surface area contributed by atoms with Crippen LogP contribution < -0.4 is 16.0 Å². The van der Waals surface area contributed by atoms with E-state index in [9.17, 15) is 4.79 Å². The van der Waals surface area contributed by atoms with E-state index < -0.39 is 6.04 Å². The Morgan fingerprint density at radius 1 is 1.33 bits per heavy atom. The van der Waals surface area contributed by atoms with Gasteiger partial charge in [-0.2, -0.15) is 0 Å². The Morgan fingerprint density at radius 3 is 2.71 bits per heavy atom. The van der Waals surface area contributed by atoms with E-state index in [2.05, 4.69) is 0 Å². The first-order valence-corrected chi connectivity index (χ1v) is 7.18. The Balaban J connectivity index is 2.40. The molecule has 112 valence electrons. The SMILES string of the molecule is CCCn1cccc(C(N)c2ccc(OC)c(C)c2)c1=O. The highest BCUT2D eigenvalue weighted by Gasteiger charge is 2.15. The molecule has 4 nitrogen and oxygen atoms in total. The maximum atomic E-state index is 12.4. The molecule has 2 aromatic rings. The van der Waals surface area contributed by atoms with Crippen molar-refractivity contribution in [1.29, 1.82) is 0 Å². The largest absolute Gasteiger partial charge is 0.496 e. The number of methoxy groups -OCH3 is 1. The molecule has 1 atom stereocenters. The van der Waals surface area contributed by atoms with Crippen molar-refractivity contribution in [1.82, 2.24) is 4.57 Å². The molecule has 2 N–H and O–H groups in total. The summed E-state index contributed by atoms with van der Waals surface area (Å²) >= 11 is 0. The summed E-state index contributed by atoms with van der Waals surface area (Å²) < 4.78 is 6.97. The molecular weight excluding hydrogens is 264 g/mol. The highest BCUT2D eigenvalue weighted by Crippen LogP contribution is 2.23. The molecule has 1 aromatic heterocycles. The minimum Gasteiger partial charge on any atom is -0.496 e. The number of rotatable bonds is 5. The molecule has 0 saturated heterocycles. The Kier molecular flexibility index (Phi) is 4.81. The van der Waals surface area contributed by atoms with Crippen LogP contribution in [-0.4, -0.2) is 11.7 Å². The van der Waals surface area contributed by atoms with Gasteiger partial charge in [-0.15, -0.1) is 0 Å². The zero-order chi connectivity index (χ0) is 15.4. The van der Waals surface area contributed by atoms with Crippen molar-refractivity contribution >= 4 is 0 Å². The quantitative estimate of drug-likeness (QED) is 0.919. The standard InChI is InChI=1S/C17H22N2O2/c1-4-9-19-10-5-6-14(17(19)20)16(18)13-7-8-15(21-3)12(2)11-13/h5-8,10-11,16H,4,9,18H2,1-3H3. The van der Waals surface area contributed by atoms with E-state index in [1.165, 1.54) is 0 Å². The number of aryl methyl sites for hydroxylation is 2. The van der Waals surface area contributed by atoms with Gasteiger partial charge < -0.3 is 15.0 Å². The minimum absolute atomic E-state index is 0.0136. The third-order valence-electron chi connectivity index (χ3n) is 3.63. The van der Waals surface area contributed by atoms with E-state index in [0.29, 0.717) is 12.1 Å². The molecule has 0 aliphatic carbocycles. The monoisotopic (exact) mass is 286 g/mol. The second-order valence-corrected chi connectivity index (χ2v) is 5.17. The van der Waals surface area contributed by atoms with Crippen molar-refractivity contribution < 1.29 is 4.74 Å². The van der Waals surface area contributed by atoms with E-state index in [-0.39, 0.29) is 5.56 Å². The van der Waals surface area contributed by atoms with E-state index in [4.69, 9.17) is 10.5 Å². The second kappa shape index (κ2) is 6.59. The van der Waals surface area contributed by atoms with E-state index in [0.717, 1.165) is 23.3 Å². The number of pyridine rings is 1. The molecule has 21 heavy (non-hydrogen) atoms. The van der Waals surface area contributed by atoms with Gasteiger partial charge in [0.25, 0.3) is 5.56 Å². The number of aromatic nitrogens is 1. The number of benzene rings is 1. The fourth-order valence-corrected chi connectivity index (χ4v) is 2.48. The summed E-state index contributed by atoms with van der Waals surface area (Å²) in [5.41, 5.74) is 8.82. The van der Waals surface area contributed by atoms with Gasteiger partial charge in [0, 0.05) is 18.3 Å². The van der Waals surface area contributed by atoms with Crippen LogP contribution in [0.1, 0.15) is 36.1 Å². The predicted molar refractivity (Wildman–Crippen MR) is 84.8 cm³/mol. The Bertz CT molecular complexity index is 677. The number of hydrogen-bond donors (Lipinski definition) is 1. The number of nitrogens with zero attached hydrogens (tertiary/aromatic N) is 1. The molecule has 0 saturated carbocycles. The third-order valence-corrected chi connectivity index (χ3v) is 3.63. The molecule has 2 rings (SSSR count). The molecule has 0 radical (unpaired) electrons. The summed E-state index contributed by atoms with van der Waals surface area (Å²) in [6, 6.07) is 9.03. The van der Waals surface area contributed by atoms with Gasteiger partial charge in [-0.3, -0.25) is 4.79 Å². The topological polar surface area (TPSA) is 57.2 Å². The molecule has 4 heteroatoms. The fraction of sp³-hybridized carbons (Fsp3) is 0.353. The lowest BCUT2D eigenvalue weighted by Crippen LogP contribution is -2.28. The van der Waals surface area contributed by atoms with E-state index >= 15 is 0 Å². The summed E-state index contributed by atoms with van der Waals surface area (Å²) in [4.78, 5) is 12.4. The van der Waals surface area contributed by atoms with Gasteiger partial charge in [0.1, 0.15) is 5.75 Å². The smallest absolute Gasteiger partial charge is 0.255 e. The van der Waals surface area contributed by atoms with Crippen molar-refractivity contribution in [3.05, 3.63) is 63.6 Å². The summed E-state index contributed by atoms with van der Waals surface area (Å²) in [7, 11) is 1.64. The second-order valence-electron chi connectivity index (χ2n) is 5.17. The predicted octanol–water partition coefficient (Wildman–Crippen LogP) is 2.62. The molecule has 0 spiro atoms.